The molecule has 180 valence electrons. The van der Waals surface area contributed by atoms with Crippen molar-refractivity contribution in [1.29, 1.82) is 5.26 Å². The number of thioether (sulfide) groups is 1. The van der Waals surface area contributed by atoms with E-state index in [1.165, 1.54) is 17.8 Å². The number of rotatable bonds is 9. The van der Waals surface area contributed by atoms with E-state index < -0.39 is 11.9 Å². The predicted molar refractivity (Wildman–Crippen MR) is 141 cm³/mol. The van der Waals surface area contributed by atoms with E-state index in [-0.39, 0.29) is 18.3 Å². The summed E-state index contributed by atoms with van der Waals surface area (Å²) in [5, 5.41) is 17.2. The van der Waals surface area contributed by atoms with Gasteiger partial charge in [0.15, 0.2) is 0 Å². The number of dihydropyridines is 1. The quantitative estimate of drug-likeness (QED) is 0.334. The van der Waals surface area contributed by atoms with Crippen molar-refractivity contribution in [2.24, 2.45) is 0 Å². The van der Waals surface area contributed by atoms with E-state index in [0.29, 0.717) is 26.9 Å². The van der Waals surface area contributed by atoms with Gasteiger partial charge in [0.1, 0.15) is 6.61 Å². The van der Waals surface area contributed by atoms with Crippen LogP contribution in [-0.4, -0.2) is 24.2 Å². The van der Waals surface area contributed by atoms with Crippen LogP contribution >= 0.6 is 23.4 Å². The number of benzene rings is 2. The zero-order valence-corrected chi connectivity index (χ0v) is 21.1. The Morgan fingerprint density at radius 2 is 1.97 bits per heavy atom. The molecule has 0 aromatic heterocycles. The maximum Gasteiger partial charge on any atom is 0.337 e. The maximum absolute atomic E-state index is 12.9. The Labute approximate surface area is 214 Å². The molecule has 3 rings (SSSR count). The van der Waals surface area contributed by atoms with Crippen molar-refractivity contribution < 1.29 is 14.3 Å². The highest BCUT2D eigenvalue weighted by Gasteiger charge is 2.35. The summed E-state index contributed by atoms with van der Waals surface area (Å²) in [6, 6.07) is 16.9. The lowest BCUT2D eigenvalue weighted by Crippen LogP contribution is -2.29. The number of hydrogen-bond acceptors (Lipinski definition) is 6. The molecule has 0 aliphatic carbocycles. The molecule has 2 aromatic carbocycles. The van der Waals surface area contributed by atoms with Crippen LogP contribution in [0.15, 0.2) is 83.1 Å². The van der Waals surface area contributed by atoms with E-state index in [2.05, 4.69) is 23.3 Å². The van der Waals surface area contributed by atoms with Crippen LogP contribution in [0, 0.1) is 11.3 Å². The number of allylic oxidation sites excluding steroid dienone is 2. The lowest BCUT2D eigenvalue weighted by molar-refractivity contribution is -0.138. The largest absolute Gasteiger partial charge is 0.458 e. The lowest BCUT2D eigenvalue weighted by atomic mass is 9.82. The third kappa shape index (κ3) is 6.36. The minimum atomic E-state index is -0.665. The second-order valence-electron chi connectivity index (χ2n) is 7.74. The molecule has 1 amide bonds. The number of nitriles is 1. The molecule has 0 unspecified atom stereocenters. The monoisotopic (exact) mass is 507 g/mol. The van der Waals surface area contributed by atoms with Crippen LogP contribution in [0.5, 0.6) is 0 Å². The van der Waals surface area contributed by atoms with Crippen molar-refractivity contribution in [2.45, 2.75) is 26.2 Å². The topological polar surface area (TPSA) is 91.2 Å². The van der Waals surface area contributed by atoms with E-state index in [4.69, 9.17) is 16.3 Å². The first-order valence-corrected chi connectivity index (χ1v) is 12.4. The van der Waals surface area contributed by atoms with Crippen LogP contribution in [0.1, 0.15) is 30.9 Å². The summed E-state index contributed by atoms with van der Waals surface area (Å²) < 4.78 is 5.31. The maximum atomic E-state index is 12.9. The van der Waals surface area contributed by atoms with Gasteiger partial charge in [0.05, 0.1) is 33.9 Å². The third-order valence-corrected chi connectivity index (χ3v) is 6.69. The van der Waals surface area contributed by atoms with E-state index in [1.807, 2.05) is 31.2 Å². The number of carbonyl (C=O) groups is 2. The fourth-order valence-corrected chi connectivity index (χ4v) is 4.79. The SMILES string of the molecule is C=CCOC(=O)C1=C(C)NC(SCC(=O)Nc2ccccc2CC)=C(C#N)[C@H]1c1ccc(Cl)cc1. The van der Waals surface area contributed by atoms with Gasteiger partial charge in [0.2, 0.25) is 5.91 Å². The molecule has 1 aliphatic rings. The average molecular weight is 508 g/mol. The fourth-order valence-electron chi connectivity index (χ4n) is 3.77. The summed E-state index contributed by atoms with van der Waals surface area (Å²) in [5.41, 5.74) is 3.75. The zero-order valence-electron chi connectivity index (χ0n) is 19.6. The third-order valence-electron chi connectivity index (χ3n) is 5.42. The van der Waals surface area contributed by atoms with Gasteiger partial charge < -0.3 is 15.4 Å². The minimum absolute atomic E-state index is 0.0512. The summed E-state index contributed by atoms with van der Waals surface area (Å²) in [6.45, 7) is 7.41. The standard InChI is InChI=1S/C27H26ClN3O3S/c1-4-14-34-27(33)24-17(3)30-26(21(15-29)25(24)19-10-12-20(28)13-11-19)35-16-23(32)31-22-9-7-6-8-18(22)5-2/h4,6-13,25,30H,1,5,14,16H2,2-3H3,(H,31,32)/t25-/m1/s1. The van der Waals surface area contributed by atoms with E-state index in [0.717, 1.165) is 23.2 Å². The molecule has 1 aliphatic heterocycles. The first kappa shape index (κ1) is 26.1. The number of ether oxygens (including phenoxy) is 1. The van der Waals surface area contributed by atoms with Gasteiger partial charge in [0, 0.05) is 16.4 Å². The summed E-state index contributed by atoms with van der Waals surface area (Å²) >= 11 is 7.28. The molecule has 0 fully saturated rings. The molecular weight excluding hydrogens is 482 g/mol. The molecule has 0 bridgehead atoms. The molecule has 0 radical (unpaired) electrons. The number of amides is 1. The van der Waals surface area contributed by atoms with Gasteiger partial charge in [-0.3, -0.25) is 4.79 Å². The van der Waals surface area contributed by atoms with Gasteiger partial charge in [0.25, 0.3) is 0 Å². The average Bonchev–Trinajstić information content (AvgIpc) is 2.86. The Kier molecular flexibility index (Phi) is 9.18. The van der Waals surface area contributed by atoms with Crippen LogP contribution in [-0.2, 0) is 20.7 Å². The highest BCUT2D eigenvalue weighted by Crippen LogP contribution is 2.41. The van der Waals surface area contributed by atoms with E-state index in [9.17, 15) is 14.9 Å². The van der Waals surface area contributed by atoms with Crippen molar-refractivity contribution in [3.8, 4) is 6.07 Å². The summed E-state index contributed by atoms with van der Waals surface area (Å²) in [4.78, 5) is 25.6. The van der Waals surface area contributed by atoms with Gasteiger partial charge in [-0.2, -0.15) is 5.26 Å². The normalized spacial score (nSPS) is 15.2. The number of esters is 1. The summed E-state index contributed by atoms with van der Waals surface area (Å²) in [5.74, 6) is -1.31. The molecule has 2 N–H and O–H groups in total. The number of carbonyl (C=O) groups excluding carboxylic acids is 2. The molecule has 6 nitrogen and oxygen atoms in total. The number of aryl methyl sites for hydroxylation is 1. The van der Waals surface area contributed by atoms with Gasteiger partial charge in [-0.25, -0.2) is 4.79 Å². The number of anilines is 1. The number of nitrogens with one attached hydrogen (secondary N) is 2. The number of halogens is 1. The van der Waals surface area contributed by atoms with Crippen molar-refractivity contribution in [3.63, 3.8) is 0 Å². The number of para-hydroxylation sites is 1. The fraction of sp³-hybridized carbons (Fsp3) is 0.222. The molecule has 35 heavy (non-hydrogen) atoms. The molecular formula is C27H26ClN3O3S. The van der Waals surface area contributed by atoms with E-state index in [1.54, 1.807) is 31.2 Å². The summed E-state index contributed by atoms with van der Waals surface area (Å²) in [6.07, 6.45) is 2.28. The van der Waals surface area contributed by atoms with Crippen LogP contribution < -0.4 is 10.6 Å². The van der Waals surface area contributed by atoms with Crippen LogP contribution in [0.3, 0.4) is 0 Å². The molecule has 0 saturated carbocycles. The Balaban J connectivity index is 1.89. The number of nitrogens with zero attached hydrogens (tertiary/aromatic N) is 1. The Bertz CT molecular complexity index is 1230. The minimum Gasteiger partial charge on any atom is -0.458 e. The highest BCUT2D eigenvalue weighted by atomic mass is 35.5. The second kappa shape index (κ2) is 12.3. The lowest BCUT2D eigenvalue weighted by Gasteiger charge is -2.29. The van der Waals surface area contributed by atoms with Crippen LogP contribution in [0.25, 0.3) is 0 Å². The number of hydrogen-bond donors (Lipinski definition) is 2. The van der Waals surface area contributed by atoms with Crippen molar-refractivity contribution >= 4 is 40.9 Å². The Morgan fingerprint density at radius 1 is 1.26 bits per heavy atom. The Hall–Kier alpha value is -3.47. The molecule has 0 spiro atoms. The van der Waals surface area contributed by atoms with Gasteiger partial charge >= 0.3 is 5.97 Å². The molecule has 1 heterocycles. The first-order chi connectivity index (χ1) is 16.9. The Morgan fingerprint density at radius 3 is 2.63 bits per heavy atom. The van der Waals surface area contributed by atoms with Crippen LogP contribution in [0.2, 0.25) is 5.02 Å². The molecule has 2 aromatic rings. The first-order valence-electron chi connectivity index (χ1n) is 11.1. The molecule has 1 atom stereocenters. The summed E-state index contributed by atoms with van der Waals surface area (Å²) in [7, 11) is 0. The molecule has 8 heteroatoms. The van der Waals surface area contributed by atoms with Crippen LogP contribution in [0.4, 0.5) is 5.69 Å². The van der Waals surface area contributed by atoms with E-state index >= 15 is 0 Å². The predicted octanol–water partition coefficient (Wildman–Crippen LogP) is 5.70. The van der Waals surface area contributed by atoms with Gasteiger partial charge in [-0.05, 0) is 42.7 Å². The van der Waals surface area contributed by atoms with Crippen molar-refractivity contribution in [3.05, 3.63) is 99.2 Å². The highest BCUT2D eigenvalue weighted by molar-refractivity contribution is 8.03. The zero-order chi connectivity index (χ0) is 25.4. The van der Waals surface area contributed by atoms with Gasteiger partial charge in [-0.15, -0.1) is 0 Å². The second-order valence-corrected chi connectivity index (χ2v) is 9.16. The smallest absolute Gasteiger partial charge is 0.337 e. The van der Waals surface area contributed by atoms with Gasteiger partial charge in [-0.1, -0.05) is 73.3 Å². The van der Waals surface area contributed by atoms with Crippen molar-refractivity contribution in [1.82, 2.24) is 5.32 Å². The molecule has 0 saturated heterocycles. The van der Waals surface area contributed by atoms with Crippen molar-refractivity contribution in [2.75, 3.05) is 17.7 Å².